The Morgan fingerprint density at radius 3 is 1.68 bits per heavy atom. The standard InChI is InChI=1S/C30H34N6O8/c1-15(37)26(31)29(42)35-22(10-16-13-32-20-8-4-2-6-18(16)20)27(40)34-23(12-25(38)39)28(41)36-24(30(43)44)11-17-14-33-21-9-5-3-7-19(17)21/h2-9,13-15,22-24,26,32-33,37H,10-12,31H2,1H3,(H,34,40)(H,35,42)(H,36,41)(H,38,39)(H,43,44). The van der Waals surface area contributed by atoms with Crippen LogP contribution in [0.3, 0.4) is 0 Å². The summed E-state index contributed by atoms with van der Waals surface area (Å²) in [6.45, 7) is 1.31. The number of aliphatic hydroxyl groups is 1. The molecule has 2 aromatic heterocycles. The summed E-state index contributed by atoms with van der Waals surface area (Å²) >= 11 is 0. The summed E-state index contributed by atoms with van der Waals surface area (Å²) < 4.78 is 0. The van der Waals surface area contributed by atoms with E-state index in [2.05, 4.69) is 25.9 Å². The van der Waals surface area contributed by atoms with Crippen molar-refractivity contribution in [3.8, 4) is 0 Å². The lowest BCUT2D eigenvalue weighted by Crippen LogP contribution is -2.59. The average molecular weight is 607 g/mol. The summed E-state index contributed by atoms with van der Waals surface area (Å²) in [4.78, 5) is 69.3. The van der Waals surface area contributed by atoms with Crippen LogP contribution in [0.5, 0.6) is 0 Å². The molecule has 14 nitrogen and oxygen atoms in total. The topological polar surface area (TPSA) is 240 Å². The van der Waals surface area contributed by atoms with Gasteiger partial charge < -0.3 is 47.0 Å². The number of hydrogen-bond donors (Lipinski definition) is 9. The Morgan fingerprint density at radius 1 is 0.727 bits per heavy atom. The van der Waals surface area contributed by atoms with Gasteiger partial charge in [0.2, 0.25) is 17.7 Å². The lowest BCUT2D eigenvalue weighted by Gasteiger charge is -2.25. The van der Waals surface area contributed by atoms with E-state index in [-0.39, 0.29) is 12.8 Å². The molecule has 5 atom stereocenters. The molecule has 4 rings (SSSR count). The maximum atomic E-state index is 13.5. The minimum Gasteiger partial charge on any atom is -0.481 e. The van der Waals surface area contributed by atoms with Gasteiger partial charge in [0.05, 0.1) is 12.5 Å². The number of aromatic amines is 2. The minimum absolute atomic E-state index is 0.0756. The van der Waals surface area contributed by atoms with Crippen LogP contribution in [0.2, 0.25) is 0 Å². The van der Waals surface area contributed by atoms with E-state index in [4.69, 9.17) is 5.73 Å². The zero-order chi connectivity index (χ0) is 32.0. The van der Waals surface area contributed by atoms with Crippen LogP contribution in [0.15, 0.2) is 60.9 Å². The zero-order valence-corrected chi connectivity index (χ0v) is 23.7. The number of hydrogen-bond acceptors (Lipinski definition) is 7. The number of aromatic nitrogens is 2. The Hall–Kier alpha value is -5.21. The van der Waals surface area contributed by atoms with Crippen LogP contribution < -0.4 is 21.7 Å². The molecule has 3 amide bonds. The average Bonchev–Trinajstić information content (AvgIpc) is 3.59. The van der Waals surface area contributed by atoms with Crippen LogP contribution in [0.4, 0.5) is 0 Å². The SMILES string of the molecule is CC(O)C(N)C(=O)NC(Cc1c[nH]c2ccccc12)C(=O)NC(CC(=O)O)C(=O)NC(Cc1c[nH]c2ccccc12)C(=O)O. The second kappa shape index (κ2) is 13.8. The van der Waals surface area contributed by atoms with Crippen molar-refractivity contribution < 1.29 is 39.3 Å². The molecular weight excluding hydrogens is 572 g/mol. The van der Waals surface area contributed by atoms with Crippen LogP contribution in [0.25, 0.3) is 21.8 Å². The van der Waals surface area contributed by atoms with Crippen molar-refractivity contribution in [3.05, 3.63) is 72.1 Å². The number of rotatable bonds is 14. The van der Waals surface area contributed by atoms with Gasteiger partial charge in [-0.3, -0.25) is 19.2 Å². The van der Waals surface area contributed by atoms with E-state index in [1.165, 1.54) is 6.92 Å². The highest BCUT2D eigenvalue weighted by molar-refractivity contribution is 5.96. The number of para-hydroxylation sites is 2. The van der Waals surface area contributed by atoms with E-state index in [0.29, 0.717) is 11.1 Å². The van der Waals surface area contributed by atoms with E-state index in [1.54, 1.807) is 36.7 Å². The first-order valence-electron chi connectivity index (χ1n) is 13.8. The van der Waals surface area contributed by atoms with Crippen LogP contribution in [0, 0.1) is 0 Å². The number of carbonyl (C=O) groups is 5. The fourth-order valence-corrected chi connectivity index (χ4v) is 4.87. The number of aliphatic hydroxyl groups excluding tert-OH is 1. The third-order valence-corrected chi connectivity index (χ3v) is 7.28. The van der Waals surface area contributed by atoms with Crippen molar-refractivity contribution in [1.29, 1.82) is 0 Å². The van der Waals surface area contributed by atoms with Gasteiger partial charge in [-0.25, -0.2) is 4.79 Å². The number of carbonyl (C=O) groups excluding carboxylic acids is 3. The van der Waals surface area contributed by atoms with Gasteiger partial charge in [-0.2, -0.15) is 0 Å². The molecule has 0 aliphatic carbocycles. The van der Waals surface area contributed by atoms with E-state index < -0.39 is 66.4 Å². The summed E-state index contributed by atoms with van der Waals surface area (Å²) in [6.07, 6.45) is 0.984. The van der Waals surface area contributed by atoms with Crippen molar-refractivity contribution in [2.75, 3.05) is 0 Å². The highest BCUT2D eigenvalue weighted by atomic mass is 16.4. The van der Waals surface area contributed by atoms with Gasteiger partial charge in [0.25, 0.3) is 0 Å². The fraction of sp³-hybridized carbons (Fsp3) is 0.300. The molecule has 0 radical (unpaired) electrons. The number of nitrogens with one attached hydrogen (secondary N) is 5. The minimum atomic E-state index is -1.68. The normalized spacial score (nSPS) is 14.7. The van der Waals surface area contributed by atoms with Gasteiger partial charge in [-0.15, -0.1) is 0 Å². The fourth-order valence-electron chi connectivity index (χ4n) is 4.87. The number of fused-ring (bicyclic) bond motifs is 2. The number of amides is 3. The number of nitrogens with two attached hydrogens (primary N) is 1. The third-order valence-electron chi connectivity index (χ3n) is 7.28. The van der Waals surface area contributed by atoms with Crippen molar-refractivity contribution >= 4 is 51.5 Å². The highest BCUT2D eigenvalue weighted by Crippen LogP contribution is 2.20. The molecule has 0 bridgehead atoms. The first-order valence-corrected chi connectivity index (χ1v) is 13.8. The summed E-state index contributed by atoms with van der Waals surface area (Å²) in [5.74, 6) is -5.58. The summed E-state index contributed by atoms with van der Waals surface area (Å²) in [5.41, 5.74) is 8.55. The number of H-pyrrole nitrogens is 2. The maximum absolute atomic E-state index is 13.5. The third kappa shape index (κ3) is 7.59. The van der Waals surface area contributed by atoms with E-state index >= 15 is 0 Å². The second-order valence-corrected chi connectivity index (χ2v) is 10.5. The van der Waals surface area contributed by atoms with Crippen molar-refractivity contribution in [2.24, 2.45) is 5.73 Å². The molecule has 0 aliphatic heterocycles. The Balaban J connectivity index is 1.55. The van der Waals surface area contributed by atoms with E-state index in [0.717, 1.165) is 21.8 Å². The summed E-state index contributed by atoms with van der Waals surface area (Å²) in [5, 5.41) is 37.8. The maximum Gasteiger partial charge on any atom is 0.326 e. The molecule has 2 aromatic carbocycles. The van der Waals surface area contributed by atoms with E-state index in [1.807, 2.05) is 24.3 Å². The first-order chi connectivity index (χ1) is 20.9. The van der Waals surface area contributed by atoms with Gasteiger partial charge in [-0.1, -0.05) is 36.4 Å². The van der Waals surface area contributed by atoms with Crippen LogP contribution in [-0.4, -0.2) is 85.2 Å². The molecule has 10 N–H and O–H groups in total. The van der Waals surface area contributed by atoms with Gasteiger partial charge in [-0.05, 0) is 30.2 Å². The summed E-state index contributed by atoms with van der Waals surface area (Å²) in [6, 6.07) is 8.59. The lowest BCUT2D eigenvalue weighted by molar-refractivity contribution is -0.143. The van der Waals surface area contributed by atoms with Gasteiger partial charge in [0, 0.05) is 47.0 Å². The Morgan fingerprint density at radius 2 is 1.18 bits per heavy atom. The van der Waals surface area contributed by atoms with Gasteiger partial charge in [0.15, 0.2) is 0 Å². The zero-order valence-electron chi connectivity index (χ0n) is 23.7. The molecule has 232 valence electrons. The molecule has 44 heavy (non-hydrogen) atoms. The smallest absolute Gasteiger partial charge is 0.326 e. The second-order valence-electron chi connectivity index (χ2n) is 10.5. The number of aliphatic carboxylic acids is 2. The Kier molecular flexibility index (Phi) is 9.98. The molecule has 0 aliphatic rings. The monoisotopic (exact) mass is 606 g/mol. The molecule has 5 unspecified atom stereocenters. The molecule has 14 heteroatoms. The molecule has 0 fully saturated rings. The lowest BCUT2D eigenvalue weighted by atomic mass is 10.0. The number of benzene rings is 2. The van der Waals surface area contributed by atoms with Crippen LogP contribution in [0.1, 0.15) is 24.5 Å². The molecule has 0 spiro atoms. The van der Waals surface area contributed by atoms with Crippen LogP contribution in [-0.2, 0) is 36.8 Å². The van der Waals surface area contributed by atoms with Gasteiger partial charge >= 0.3 is 11.9 Å². The quantitative estimate of drug-likeness (QED) is 0.0948. The predicted octanol–water partition coefficient (Wildman–Crippen LogP) is 0.156. The number of carboxylic acids is 2. The largest absolute Gasteiger partial charge is 0.481 e. The van der Waals surface area contributed by atoms with Crippen molar-refractivity contribution in [2.45, 2.75) is 56.5 Å². The first kappa shape index (κ1) is 31.7. The van der Waals surface area contributed by atoms with Crippen molar-refractivity contribution in [3.63, 3.8) is 0 Å². The Labute approximate surface area is 251 Å². The van der Waals surface area contributed by atoms with Gasteiger partial charge in [0.1, 0.15) is 24.2 Å². The van der Waals surface area contributed by atoms with Crippen LogP contribution >= 0.6 is 0 Å². The molecule has 0 saturated heterocycles. The predicted molar refractivity (Wildman–Crippen MR) is 159 cm³/mol. The Bertz CT molecular complexity index is 1680. The molecule has 4 aromatic rings. The highest BCUT2D eigenvalue weighted by Gasteiger charge is 2.33. The number of carboxylic acid groups (broad SMARTS) is 2. The van der Waals surface area contributed by atoms with Crippen molar-refractivity contribution in [1.82, 2.24) is 25.9 Å². The molecular formula is C30H34N6O8. The molecule has 0 saturated carbocycles. The summed E-state index contributed by atoms with van der Waals surface area (Å²) in [7, 11) is 0. The van der Waals surface area contributed by atoms with E-state index in [9.17, 15) is 39.3 Å². The molecule has 2 heterocycles.